The normalized spacial score (nSPS) is 21.5. The van der Waals surface area contributed by atoms with Gasteiger partial charge in [0.1, 0.15) is 0 Å². The van der Waals surface area contributed by atoms with Crippen molar-refractivity contribution in [2.45, 2.75) is 32.4 Å². The minimum atomic E-state index is -0.0697. The first-order chi connectivity index (χ1) is 12.7. The summed E-state index contributed by atoms with van der Waals surface area (Å²) in [6.45, 7) is 3.77. The lowest BCUT2D eigenvalue weighted by atomic mass is 9.82. The van der Waals surface area contributed by atoms with E-state index in [4.69, 9.17) is 4.84 Å². The predicted molar refractivity (Wildman–Crippen MR) is 98.8 cm³/mol. The van der Waals surface area contributed by atoms with Crippen LogP contribution in [0.5, 0.6) is 0 Å². The number of carbonyl (C=O) groups is 2. The van der Waals surface area contributed by atoms with E-state index in [2.05, 4.69) is 4.90 Å². The van der Waals surface area contributed by atoms with Crippen molar-refractivity contribution in [2.75, 3.05) is 23.1 Å². The quantitative estimate of drug-likeness (QED) is 0.663. The van der Waals surface area contributed by atoms with Crippen LogP contribution in [0.25, 0.3) is 0 Å². The molecule has 2 fully saturated rings. The van der Waals surface area contributed by atoms with Crippen molar-refractivity contribution in [1.82, 2.24) is 0 Å². The molecular formula is C21H20N2O3. The minimum absolute atomic E-state index is 0.00160. The summed E-state index contributed by atoms with van der Waals surface area (Å²) >= 11 is 0. The Kier molecular flexibility index (Phi) is 3.40. The van der Waals surface area contributed by atoms with E-state index in [0.29, 0.717) is 22.3 Å². The van der Waals surface area contributed by atoms with Gasteiger partial charge in [0.05, 0.1) is 16.9 Å². The van der Waals surface area contributed by atoms with Crippen LogP contribution in [0.4, 0.5) is 11.4 Å². The van der Waals surface area contributed by atoms with Crippen LogP contribution in [0.1, 0.15) is 58.0 Å². The van der Waals surface area contributed by atoms with E-state index in [0.717, 1.165) is 37.3 Å². The van der Waals surface area contributed by atoms with Gasteiger partial charge < -0.3 is 4.90 Å². The number of ketones is 2. The van der Waals surface area contributed by atoms with E-state index in [1.54, 1.807) is 24.3 Å². The Morgan fingerprint density at radius 2 is 1.54 bits per heavy atom. The molecular weight excluding hydrogens is 328 g/mol. The Hall–Kier alpha value is -2.66. The summed E-state index contributed by atoms with van der Waals surface area (Å²) in [4.78, 5) is 34.2. The first kappa shape index (κ1) is 15.6. The van der Waals surface area contributed by atoms with Gasteiger partial charge in [-0.3, -0.25) is 9.59 Å². The zero-order chi connectivity index (χ0) is 17.8. The van der Waals surface area contributed by atoms with Crippen molar-refractivity contribution in [3.63, 3.8) is 0 Å². The Balaban J connectivity index is 1.74. The van der Waals surface area contributed by atoms with Crippen LogP contribution in [-0.2, 0) is 4.84 Å². The van der Waals surface area contributed by atoms with E-state index in [1.165, 1.54) is 6.42 Å². The van der Waals surface area contributed by atoms with Crippen LogP contribution in [0, 0.1) is 0 Å². The third-order valence-electron chi connectivity index (χ3n) is 5.51. The SMILES string of the molecule is CC1ON1c1ccc2c(c1N1CCCCC1)C(=O)c1ccccc1C2=O. The summed E-state index contributed by atoms with van der Waals surface area (Å²) in [6.07, 6.45) is 3.39. The van der Waals surface area contributed by atoms with E-state index in [-0.39, 0.29) is 17.8 Å². The second kappa shape index (κ2) is 5.68. The number of benzene rings is 2. The molecule has 3 aliphatic rings. The molecule has 2 heterocycles. The van der Waals surface area contributed by atoms with E-state index < -0.39 is 0 Å². The number of carbonyl (C=O) groups excluding carboxylic acids is 2. The number of piperidine rings is 1. The van der Waals surface area contributed by atoms with Gasteiger partial charge in [-0.15, -0.1) is 0 Å². The molecule has 5 heteroatoms. The van der Waals surface area contributed by atoms with Crippen LogP contribution >= 0.6 is 0 Å². The van der Waals surface area contributed by atoms with Gasteiger partial charge in [-0.1, -0.05) is 24.3 Å². The van der Waals surface area contributed by atoms with Gasteiger partial charge in [0.2, 0.25) is 0 Å². The van der Waals surface area contributed by atoms with Crippen LogP contribution in [0.2, 0.25) is 0 Å². The summed E-state index contributed by atoms with van der Waals surface area (Å²) in [6, 6.07) is 10.8. The van der Waals surface area contributed by atoms with Crippen LogP contribution < -0.4 is 9.96 Å². The van der Waals surface area contributed by atoms with Gasteiger partial charge in [-0.25, -0.2) is 9.90 Å². The smallest absolute Gasteiger partial charge is 0.196 e. The monoisotopic (exact) mass is 348 g/mol. The molecule has 2 aromatic carbocycles. The third kappa shape index (κ3) is 2.20. The van der Waals surface area contributed by atoms with Crippen molar-refractivity contribution in [3.05, 3.63) is 58.7 Å². The summed E-state index contributed by atoms with van der Waals surface area (Å²) in [5.74, 6) is -0.133. The van der Waals surface area contributed by atoms with Gasteiger partial charge in [0.15, 0.2) is 17.8 Å². The Morgan fingerprint density at radius 1 is 0.885 bits per heavy atom. The van der Waals surface area contributed by atoms with Crippen molar-refractivity contribution in [2.24, 2.45) is 0 Å². The number of rotatable bonds is 2. The molecule has 2 saturated heterocycles. The van der Waals surface area contributed by atoms with Gasteiger partial charge in [0.25, 0.3) is 0 Å². The fourth-order valence-electron chi connectivity index (χ4n) is 4.16. The number of fused-ring (bicyclic) bond motifs is 2. The fourth-order valence-corrected chi connectivity index (χ4v) is 4.16. The third-order valence-corrected chi connectivity index (χ3v) is 5.51. The maximum Gasteiger partial charge on any atom is 0.196 e. The van der Waals surface area contributed by atoms with Crippen molar-refractivity contribution < 1.29 is 14.4 Å². The number of hydroxylamine groups is 1. The highest BCUT2D eigenvalue weighted by molar-refractivity contribution is 6.30. The average Bonchev–Trinajstić information content (AvgIpc) is 3.42. The van der Waals surface area contributed by atoms with E-state index >= 15 is 0 Å². The number of hydrogen-bond acceptors (Lipinski definition) is 5. The Labute approximate surface area is 152 Å². The second-order valence-electron chi connectivity index (χ2n) is 7.14. The standard InChI is InChI=1S/C21H20N2O3/c1-13-23(26-13)17-10-9-16-18(19(17)22-11-5-2-6-12-22)21(25)15-8-4-3-7-14(15)20(16)24/h3-4,7-10,13H,2,5-6,11-12H2,1H3. The largest absolute Gasteiger partial charge is 0.369 e. The molecule has 5 nitrogen and oxygen atoms in total. The Bertz CT molecular complexity index is 931. The lowest BCUT2D eigenvalue weighted by molar-refractivity contribution is 0.0979. The molecule has 0 spiro atoms. The number of nitrogens with zero attached hydrogens (tertiary/aromatic N) is 2. The molecule has 1 unspecified atom stereocenters. The molecule has 0 amide bonds. The number of hydrogen-bond donors (Lipinski definition) is 0. The first-order valence-corrected chi connectivity index (χ1v) is 9.23. The average molecular weight is 348 g/mol. The topological polar surface area (TPSA) is 52.9 Å². The second-order valence-corrected chi connectivity index (χ2v) is 7.14. The molecule has 0 saturated carbocycles. The van der Waals surface area contributed by atoms with Gasteiger partial charge in [0, 0.05) is 29.8 Å². The van der Waals surface area contributed by atoms with Crippen molar-refractivity contribution >= 4 is 22.9 Å². The van der Waals surface area contributed by atoms with Crippen molar-refractivity contribution in [3.8, 4) is 0 Å². The summed E-state index contributed by atoms with van der Waals surface area (Å²) in [5.41, 5.74) is 3.79. The van der Waals surface area contributed by atoms with Crippen LogP contribution in [0.15, 0.2) is 36.4 Å². The van der Waals surface area contributed by atoms with E-state index in [1.807, 2.05) is 24.1 Å². The van der Waals surface area contributed by atoms with Crippen molar-refractivity contribution in [1.29, 1.82) is 0 Å². The zero-order valence-electron chi connectivity index (χ0n) is 14.7. The summed E-state index contributed by atoms with van der Waals surface area (Å²) in [7, 11) is 0. The maximum atomic E-state index is 13.4. The summed E-state index contributed by atoms with van der Waals surface area (Å²) in [5, 5.41) is 1.82. The molecule has 0 aromatic heterocycles. The molecule has 2 aromatic rings. The van der Waals surface area contributed by atoms with Gasteiger partial charge in [-0.2, -0.15) is 0 Å². The molecule has 2 aliphatic heterocycles. The van der Waals surface area contributed by atoms with Crippen LogP contribution in [0.3, 0.4) is 0 Å². The van der Waals surface area contributed by atoms with Gasteiger partial charge in [-0.05, 0) is 38.3 Å². The maximum absolute atomic E-state index is 13.4. The first-order valence-electron chi connectivity index (χ1n) is 9.23. The molecule has 132 valence electrons. The fraction of sp³-hybridized carbons (Fsp3) is 0.333. The lowest BCUT2D eigenvalue weighted by Gasteiger charge is -2.33. The Morgan fingerprint density at radius 3 is 2.19 bits per heavy atom. The molecule has 0 bridgehead atoms. The molecule has 26 heavy (non-hydrogen) atoms. The molecule has 1 aliphatic carbocycles. The minimum Gasteiger partial charge on any atom is -0.369 e. The summed E-state index contributed by atoms with van der Waals surface area (Å²) < 4.78 is 0. The highest BCUT2D eigenvalue weighted by Gasteiger charge is 2.40. The lowest BCUT2D eigenvalue weighted by Crippen LogP contribution is -2.33. The zero-order valence-corrected chi connectivity index (χ0v) is 14.7. The van der Waals surface area contributed by atoms with Crippen LogP contribution in [-0.4, -0.2) is 30.9 Å². The molecule has 5 rings (SSSR count). The van der Waals surface area contributed by atoms with E-state index in [9.17, 15) is 9.59 Å². The molecule has 1 atom stereocenters. The molecule has 0 radical (unpaired) electrons. The number of anilines is 2. The van der Waals surface area contributed by atoms with Gasteiger partial charge >= 0.3 is 0 Å². The predicted octanol–water partition coefficient (Wildman–Crippen LogP) is 3.55. The highest BCUT2D eigenvalue weighted by Crippen LogP contribution is 2.44. The molecule has 0 N–H and O–H groups in total. The highest BCUT2D eigenvalue weighted by atomic mass is 16.8.